The first-order valence-electron chi connectivity index (χ1n) is 7.04. The maximum Gasteiger partial charge on any atom is 0.405 e. The highest BCUT2D eigenvalue weighted by Gasteiger charge is 2.35. The molecular formula is C16H22N3OP2+. The molecule has 4 nitrogen and oxygen atoms in total. The van der Waals surface area contributed by atoms with Crippen molar-refractivity contribution < 1.29 is 4.57 Å². The van der Waals surface area contributed by atoms with E-state index in [-0.39, 0.29) is 0 Å². The Balaban J connectivity index is 2.67. The summed E-state index contributed by atoms with van der Waals surface area (Å²) in [7, 11) is 3.87. The van der Waals surface area contributed by atoms with Gasteiger partial charge in [-0.2, -0.15) is 0 Å². The maximum absolute atomic E-state index is 13.8. The highest BCUT2D eigenvalue weighted by Crippen LogP contribution is 2.52. The van der Waals surface area contributed by atoms with E-state index in [4.69, 9.17) is 4.52 Å². The summed E-state index contributed by atoms with van der Waals surface area (Å²) < 4.78 is 22.7. The molecule has 2 aromatic rings. The molecule has 0 fully saturated rings. The van der Waals surface area contributed by atoms with E-state index in [0.29, 0.717) is 0 Å². The fourth-order valence-corrected chi connectivity index (χ4v) is 7.32. The molecule has 0 saturated carbocycles. The van der Waals surface area contributed by atoms with Crippen LogP contribution in [0.4, 0.5) is 0 Å². The number of rotatable bonds is 5. The third-order valence-electron chi connectivity index (χ3n) is 3.13. The third-order valence-corrected chi connectivity index (χ3v) is 8.21. The summed E-state index contributed by atoms with van der Waals surface area (Å²) in [6, 6.07) is 19.1. The highest BCUT2D eigenvalue weighted by atomic mass is 31.2. The molecule has 0 aliphatic rings. The van der Waals surface area contributed by atoms with Crippen LogP contribution in [0.15, 0.2) is 65.2 Å². The fourth-order valence-electron chi connectivity index (χ4n) is 2.14. The molecule has 0 heterocycles. The summed E-state index contributed by atoms with van der Waals surface area (Å²) in [5, 5.41) is 1.55. The standard InChI is InChI=1S/C16H22N3OP2/c1-18(2)21(19(3)4)17-22(20,15-11-7-5-8-12-15)16-13-9-6-10-14-16/h5-14H,1-4H3/q+1. The third kappa shape index (κ3) is 3.71. The summed E-state index contributed by atoms with van der Waals surface area (Å²) in [6.07, 6.45) is 0. The van der Waals surface area contributed by atoms with Gasteiger partial charge < -0.3 is 0 Å². The van der Waals surface area contributed by atoms with Crippen molar-refractivity contribution in [3.8, 4) is 0 Å². The van der Waals surface area contributed by atoms with E-state index >= 15 is 0 Å². The Morgan fingerprint density at radius 2 is 1.14 bits per heavy atom. The minimum absolute atomic E-state index is 0.775. The van der Waals surface area contributed by atoms with Gasteiger partial charge in [0.15, 0.2) is 0 Å². The Morgan fingerprint density at radius 3 is 1.45 bits per heavy atom. The lowest BCUT2D eigenvalue weighted by molar-refractivity contribution is 0.577. The summed E-state index contributed by atoms with van der Waals surface area (Å²) in [5.41, 5.74) is 0. The quantitative estimate of drug-likeness (QED) is 0.785. The zero-order chi connectivity index (χ0) is 16.2. The molecule has 0 spiro atoms. The molecule has 2 rings (SSSR count). The molecule has 0 aliphatic heterocycles. The molecular weight excluding hydrogens is 312 g/mol. The molecule has 0 saturated heterocycles. The zero-order valence-electron chi connectivity index (χ0n) is 13.4. The van der Waals surface area contributed by atoms with E-state index < -0.39 is 15.3 Å². The first-order valence-corrected chi connectivity index (χ1v) is 9.90. The van der Waals surface area contributed by atoms with Gasteiger partial charge in [-0.1, -0.05) is 36.4 Å². The topological polar surface area (TPSA) is 35.9 Å². The van der Waals surface area contributed by atoms with Gasteiger partial charge in [0, 0.05) is 38.8 Å². The van der Waals surface area contributed by atoms with Crippen LogP contribution in [0.5, 0.6) is 0 Å². The molecule has 0 amide bonds. The average Bonchev–Trinajstić information content (AvgIpc) is 2.53. The number of nitrogens with zero attached hydrogens (tertiary/aromatic N) is 3. The molecule has 6 heteroatoms. The Kier molecular flexibility index (Phi) is 5.66. The monoisotopic (exact) mass is 334 g/mol. The lowest BCUT2D eigenvalue weighted by Gasteiger charge is -2.14. The summed E-state index contributed by atoms with van der Waals surface area (Å²) in [5.74, 6) is 0. The van der Waals surface area contributed by atoms with E-state index in [1.807, 2.05) is 98.2 Å². The van der Waals surface area contributed by atoms with Crippen molar-refractivity contribution in [3.05, 3.63) is 60.7 Å². The van der Waals surface area contributed by atoms with E-state index in [2.05, 4.69) is 0 Å². The van der Waals surface area contributed by atoms with E-state index in [1.165, 1.54) is 0 Å². The Labute approximate surface area is 133 Å². The van der Waals surface area contributed by atoms with Crippen LogP contribution in [0, 0.1) is 0 Å². The first-order chi connectivity index (χ1) is 10.4. The largest absolute Gasteiger partial charge is 0.405 e. The number of hydrogen-bond donors (Lipinski definition) is 0. The van der Waals surface area contributed by atoms with Gasteiger partial charge in [0.1, 0.15) is 0 Å². The van der Waals surface area contributed by atoms with E-state index in [0.717, 1.165) is 10.6 Å². The fraction of sp³-hybridized carbons (Fsp3) is 0.250. The minimum atomic E-state index is -3.02. The van der Waals surface area contributed by atoms with Crippen LogP contribution < -0.4 is 10.6 Å². The van der Waals surface area contributed by atoms with E-state index in [1.54, 1.807) is 0 Å². The number of hydrogen-bond acceptors (Lipinski definition) is 1. The van der Waals surface area contributed by atoms with Crippen molar-refractivity contribution >= 4 is 25.9 Å². The minimum Gasteiger partial charge on any atom is -0.284 e. The van der Waals surface area contributed by atoms with Gasteiger partial charge in [0.05, 0.1) is 0 Å². The molecule has 116 valence electrons. The smallest absolute Gasteiger partial charge is 0.284 e. The molecule has 0 aromatic heterocycles. The molecule has 0 bridgehead atoms. The van der Waals surface area contributed by atoms with Crippen LogP contribution in [0.2, 0.25) is 0 Å². The second-order valence-corrected chi connectivity index (χ2v) is 10.3. The SMILES string of the molecule is CN(C)[P+](=NP(=O)(c1ccccc1)c1ccccc1)N(C)C. The van der Waals surface area contributed by atoms with Gasteiger partial charge in [0.25, 0.3) is 7.29 Å². The Hall–Kier alpha value is -1.31. The van der Waals surface area contributed by atoms with Gasteiger partial charge >= 0.3 is 8.01 Å². The van der Waals surface area contributed by atoms with Crippen LogP contribution >= 0.6 is 15.3 Å². The van der Waals surface area contributed by atoms with Crippen molar-refractivity contribution in [1.82, 2.24) is 9.34 Å². The van der Waals surface area contributed by atoms with E-state index in [9.17, 15) is 4.57 Å². The van der Waals surface area contributed by atoms with Crippen molar-refractivity contribution in [2.45, 2.75) is 0 Å². The molecule has 0 unspecified atom stereocenters. The van der Waals surface area contributed by atoms with Crippen LogP contribution in [-0.2, 0) is 4.57 Å². The molecule has 0 N–H and O–H groups in total. The maximum atomic E-state index is 13.8. The van der Waals surface area contributed by atoms with Crippen LogP contribution in [0.1, 0.15) is 0 Å². The summed E-state index contributed by atoms with van der Waals surface area (Å²) in [4.78, 5) is 0. The second kappa shape index (κ2) is 7.30. The predicted octanol–water partition coefficient (Wildman–Crippen LogP) is 3.53. The van der Waals surface area contributed by atoms with Crippen LogP contribution in [0.3, 0.4) is 0 Å². The molecule has 0 aliphatic carbocycles. The van der Waals surface area contributed by atoms with Crippen LogP contribution in [0.25, 0.3) is 0 Å². The first kappa shape index (κ1) is 17.1. The van der Waals surface area contributed by atoms with Gasteiger partial charge in [0.2, 0.25) is 0 Å². The molecule has 0 radical (unpaired) electrons. The van der Waals surface area contributed by atoms with Gasteiger partial charge in [-0.25, -0.2) is 0 Å². The second-order valence-electron chi connectivity index (χ2n) is 5.30. The lowest BCUT2D eigenvalue weighted by Crippen LogP contribution is -2.17. The van der Waals surface area contributed by atoms with Crippen molar-refractivity contribution in [2.24, 2.45) is 4.52 Å². The molecule has 0 atom stereocenters. The Bertz CT molecular complexity index is 632. The lowest BCUT2D eigenvalue weighted by atomic mass is 10.4. The Morgan fingerprint density at radius 1 is 0.773 bits per heavy atom. The number of benzene rings is 2. The summed E-state index contributed by atoms with van der Waals surface area (Å²) >= 11 is 0. The van der Waals surface area contributed by atoms with Crippen LogP contribution in [-0.4, -0.2) is 37.5 Å². The average molecular weight is 334 g/mol. The van der Waals surface area contributed by atoms with Crippen molar-refractivity contribution in [2.75, 3.05) is 28.2 Å². The predicted molar refractivity (Wildman–Crippen MR) is 96.5 cm³/mol. The van der Waals surface area contributed by atoms with Gasteiger partial charge in [-0.3, -0.25) is 4.57 Å². The van der Waals surface area contributed by atoms with Crippen molar-refractivity contribution in [3.63, 3.8) is 0 Å². The molecule has 2 aromatic carbocycles. The van der Waals surface area contributed by atoms with Gasteiger partial charge in [-0.05, 0) is 28.8 Å². The normalized spacial score (nSPS) is 11.7. The van der Waals surface area contributed by atoms with Crippen molar-refractivity contribution in [1.29, 1.82) is 0 Å². The zero-order valence-corrected chi connectivity index (χ0v) is 15.2. The molecule has 22 heavy (non-hydrogen) atoms. The summed E-state index contributed by atoms with van der Waals surface area (Å²) in [6.45, 7) is 0. The van der Waals surface area contributed by atoms with Gasteiger partial charge in [-0.15, -0.1) is 9.34 Å². The highest BCUT2D eigenvalue weighted by molar-refractivity contribution is 7.80.